The Kier molecular flexibility index (Phi) is 11.5. The van der Waals surface area contributed by atoms with Crippen LogP contribution in [-0.2, 0) is 14.0 Å². The molecule has 0 aliphatic carbocycles. The van der Waals surface area contributed by atoms with E-state index in [1.165, 1.54) is 0 Å². The highest BCUT2D eigenvalue weighted by molar-refractivity contribution is 6.75. The summed E-state index contributed by atoms with van der Waals surface area (Å²) in [6, 6.07) is 0. The number of esters is 1. The summed E-state index contributed by atoms with van der Waals surface area (Å²) in [5.41, 5.74) is 8.11. The first-order valence-corrected chi connectivity index (χ1v) is 14.4. The van der Waals surface area contributed by atoms with Crippen molar-refractivity contribution in [1.82, 2.24) is 5.01 Å². The maximum absolute atomic E-state index is 13.7. The molecule has 0 aliphatic rings. The number of hydrogen-bond donors (Lipinski definition) is 0. The molecule has 0 fully saturated rings. The first kappa shape index (κ1) is 33.1. The summed E-state index contributed by atoms with van der Waals surface area (Å²) in [5.74, 6) is -14.0. The van der Waals surface area contributed by atoms with Gasteiger partial charge < -0.3 is 13.9 Å². The van der Waals surface area contributed by atoms with Crippen LogP contribution in [0.25, 0.3) is 10.4 Å². The zero-order valence-electron chi connectivity index (χ0n) is 22.5. The fourth-order valence-corrected chi connectivity index (χ4v) is 5.32. The Labute approximate surface area is 218 Å². The molecule has 0 saturated carbocycles. The van der Waals surface area contributed by atoms with Gasteiger partial charge in [0.05, 0.1) is 0 Å². The average Bonchev–Trinajstić information content (AvgIpc) is 2.79. The molecule has 1 aromatic carbocycles. The number of carbonyl (C=O) groups excluding carboxylic acids is 2. The van der Waals surface area contributed by atoms with Crippen LogP contribution in [0.3, 0.4) is 0 Å². The van der Waals surface area contributed by atoms with E-state index in [0.717, 1.165) is 5.01 Å². The fourth-order valence-electron chi connectivity index (χ4n) is 2.97. The highest BCUT2D eigenvalue weighted by Gasteiger charge is 2.47. The first-order chi connectivity index (χ1) is 17.3. The summed E-state index contributed by atoms with van der Waals surface area (Å²) in [6.45, 7) is 12.9. The van der Waals surface area contributed by atoms with Crippen molar-refractivity contribution in [3.63, 3.8) is 0 Å². The number of benzene rings is 1. The van der Waals surface area contributed by atoms with Gasteiger partial charge in [0.15, 0.2) is 0 Å². The predicted molar refractivity (Wildman–Crippen MR) is 130 cm³/mol. The Morgan fingerprint density at radius 2 is 1.45 bits per heavy atom. The molecule has 0 radical (unpaired) electrons. The quantitative estimate of drug-likeness (QED) is 0.0239. The van der Waals surface area contributed by atoms with Crippen LogP contribution in [0.5, 0.6) is 5.75 Å². The minimum atomic E-state index is -2.77. The molecule has 1 unspecified atom stereocenters. The number of nitrogens with zero attached hydrogens (tertiary/aromatic N) is 4. The summed E-state index contributed by atoms with van der Waals surface area (Å²) >= 11 is 0. The standard InChI is InChI=1S/C23H33F5N4O5Si/c1-22(2,3)37-21(34)32(31-30-29)13-38(7,23(4,5)6)35-12-10-8-9-11-14(33)36-20-18(27)16(25)15(24)17(26)19(20)28/h8-13H2,1-7H3. The van der Waals surface area contributed by atoms with Gasteiger partial charge in [-0.15, -0.1) is 10.5 Å². The van der Waals surface area contributed by atoms with Gasteiger partial charge in [0, 0.05) is 13.0 Å². The molecule has 0 saturated heterocycles. The monoisotopic (exact) mass is 568 g/mol. The molecule has 1 rings (SSSR count). The van der Waals surface area contributed by atoms with E-state index in [9.17, 15) is 31.5 Å². The molecule has 9 nitrogen and oxygen atoms in total. The molecular weight excluding hydrogens is 535 g/mol. The molecule has 0 aliphatic heterocycles. The Hall–Kier alpha value is -2.90. The van der Waals surface area contributed by atoms with Gasteiger partial charge in [0.1, 0.15) is 11.8 Å². The number of rotatable bonds is 11. The van der Waals surface area contributed by atoms with Gasteiger partial charge in [-0.25, -0.2) is 13.2 Å². The summed E-state index contributed by atoms with van der Waals surface area (Å²) in [4.78, 5) is 27.1. The maximum atomic E-state index is 13.7. The van der Waals surface area contributed by atoms with E-state index in [2.05, 4.69) is 14.9 Å². The van der Waals surface area contributed by atoms with Crippen LogP contribution in [0.4, 0.5) is 26.7 Å². The molecule has 0 spiro atoms. The second-order valence-corrected chi connectivity index (χ2v) is 15.3. The van der Waals surface area contributed by atoms with Crippen LogP contribution in [0.15, 0.2) is 5.22 Å². The van der Waals surface area contributed by atoms with Crippen LogP contribution in [0, 0.1) is 29.1 Å². The van der Waals surface area contributed by atoms with Crippen molar-refractivity contribution in [1.29, 1.82) is 0 Å². The number of ether oxygens (including phenoxy) is 2. The Morgan fingerprint density at radius 1 is 0.921 bits per heavy atom. The van der Waals surface area contributed by atoms with E-state index in [4.69, 9.17) is 14.7 Å². The predicted octanol–water partition coefficient (Wildman–Crippen LogP) is 7.24. The highest BCUT2D eigenvalue weighted by atomic mass is 28.4. The molecule has 0 bridgehead atoms. The van der Waals surface area contributed by atoms with Gasteiger partial charge in [-0.1, -0.05) is 27.2 Å². The summed E-state index contributed by atoms with van der Waals surface area (Å²) in [7, 11) is -2.77. The number of halogens is 5. The van der Waals surface area contributed by atoms with Crippen LogP contribution >= 0.6 is 0 Å². The lowest BCUT2D eigenvalue weighted by Crippen LogP contribution is -2.54. The highest BCUT2D eigenvalue weighted by Crippen LogP contribution is 2.38. The Morgan fingerprint density at radius 3 is 1.92 bits per heavy atom. The van der Waals surface area contributed by atoms with Crippen LogP contribution in [0.2, 0.25) is 11.6 Å². The van der Waals surface area contributed by atoms with Crippen LogP contribution in [0.1, 0.15) is 67.2 Å². The molecule has 0 aromatic heterocycles. The lowest BCUT2D eigenvalue weighted by molar-refractivity contribution is -0.135. The zero-order chi connectivity index (χ0) is 29.5. The molecule has 0 N–H and O–H groups in total. The van der Waals surface area contributed by atoms with Crippen molar-refractivity contribution in [2.24, 2.45) is 5.22 Å². The topological polar surface area (TPSA) is 114 Å². The number of amides is 1. The minimum Gasteiger partial charge on any atom is -0.425 e. The smallest absolute Gasteiger partial charge is 0.425 e. The van der Waals surface area contributed by atoms with Crippen molar-refractivity contribution >= 4 is 20.4 Å². The molecule has 1 atom stereocenters. The van der Waals surface area contributed by atoms with E-state index in [1.807, 2.05) is 27.3 Å². The van der Waals surface area contributed by atoms with Crippen molar-refractivity contribution in [2.75, 3.05) is 12.8 Å². The first-order valence-electron chi connectivity index (χ1n) is 11.8. The number of hydrogen-bond acceptors (Lipinski definition) is 6. The molecule has 15 heteroatoms. The van der Waals surface area contributed by atoms with Crippen LogP contribution in [-0.4, -0.2) is 43.8 Å². The minimum absolute atomic E-state index is 0.0176. The SMILES string of the molecule is CC(C)(C)OC(=O)N(C[Si](C)(OCCCCCC(=O)Oc1c(F)c(F)c(F)c(F)c1F)C(C)(C)C)N=[N+]=[N-]. The third-order valence-corrected chi connectivity index (χ3v) is 10.5. The Bertz CT molecular complexity index is 1040. The number of carbonyl (C=O) groups is 2. The maximum Gasteiger partial charge on any atom is 0.510 e. The van der Waals surface area contributed by atoms with E-state index in [0.29, 0.717) is 12.8 Å². The number of azide groups is 1. The van der Waals surface area contributed by atoms with E-state index >= 15 is 0 Å². The van der Waals surface area contributed by atoms with Crippen molar-refractivity contribution in [2.45, 2.75) is 84.4 Å². The van der Waals surface area contributed by atoms with E-state index < -0.39 is 65.9 Å². The van der Waals surface area contributed by atoms with Gasteiger partial charge in [0.25, 0.3) is 0 Å². The summed E-state index contributed by atoms with van der Waals surface area (Å²) < 4.78 is 82.8. The van der Waals surface area contributed by atoms with Gasteiger partial charge >= 0.3 is 12.1 Å². The lowest BCUT2D eigenvalue weighted by atomic mass is 10.2. The molecule has 1 aromatic rings. The summed E-state index contributed by atoms with van der Waals surface area (Å²) in [6.07, 6.45) is -0.0847. The van der Waals surface area contributed by atoms with Gasteiger partial charge in [-0.3, -0.25) is 4.79 Å². The molecular formula is C23H33F5N4O5Si. The summed E-state index contributed by atoms with van der Waals surface area (Å²) in [5, 5.41) is 3.98. The largest absolute Gasteiger partial charge is 0.510 e. The fraction of sp³-hybridized carbons (Fsp3) is 0.652. The Balaban J connectivity index is 2.70. The second-order valence-electron chi connectivity index (χ2n) is 10.7. The lowest BCUT2D eigenvalue weighted by Gasteiger charge is -2.39. The van der Waals surface area contributed by atoms with Gasteiger partial charge in [0.2, 0.25) is 43.2 Å². The third kappa shape index (κ3) is 9.13. The normalized spacial score (nSPS) is 13.4. The number of unbranched alkanes of at least 4 members (excludes halogenated alkanes) is 2. The molecule has 38 heavy (non-hydrogen) atoms. The van der Waals surface area contributed by atoms with E-state index in [1.54, 1.807) is 20.8 Å². The zero-order valence-corrected chi connectivity index (χ0v) is 23.5. The average molecular weight is 569 g/mol. The third-order valence-electron chi connectivity index (χ3n) is 5.62. The van der Waals surface area contributed by atoms with Gasteiger partial charge in [-0.2, -0.15) is 18.5 Å². The molecule has 0 heterocycles. The second kappa shape index (κ2) is 13.2. The molecule has 1 amide bonds. The van der Waals surface area contributed by atoms with Crippen molar-refractivity contribution in [3.05, 3.63) is 39.5 Å². The molecule has 214 valence electrons. The van der Waals surface area contributed by atoms with Gasteiger partial charge in [-0.05, 0) is 50.4 Å². The van der Waals surface area contributed by atoms with Crippen LogP contribution < -0.4 is 4.74 Å². The van der Waals surface area contributed by atoms with Crippen molar-refractivity contribution in [3.8, 4) is 5.75 Å². The van der Waals surface area contributed by atoms with Crippen molar-refractivity contribution < 1.29 is 45.4 Å². The van der Waals surface area contributed by atoms with E-state index in [-0.39, 0.29) is 25.6 Å².